The van der Waals surface area contributed by atoms with Gasteiger partial charge in [0.2, 0.25) is 11.9 Å². The maximum absolute atomic E-state index is 12.4. The van der Waals surface area contributed by atoms with Crippen LogP contribution in [0.25, 0.3) is 33.3 Å². The van der Waals surface area contributed by atoms with Crippen LogP contribution in [0.3, 0.4) is 0 Å². The average Bonchev–Trinajstić information content (AvgIpc) is 3.62. The van der Waals surface area contributed by atoms with E-state index >= 15 is 0 Å². The summed E-state index contributed by atoms with van der Waals surface area (Å²) in [5.41, 5.74) is 9.86. The predicted octanol–water partition coefficient (Wildman–Crippen LogP) is 5.62. The van der Waals surface area contributed by atoms with Gasteiger partial charge in [0.05, 0.1) is 28.8 Å². The molecule has 0 bridgehead atoms. The molecule has 0 unspecified atom stereocenters. The Hall–Kier alpha value is -4.96. The molecule has 6 rings (SSSR count). The van der Waals surface area contributed by atoms with E-state index in [1.54, 1.807) is 4.68 Å². The molecule has 226 valence electrons. The number of nitrogens with one attached hydrogen (secondary N) is 2. The Labute approximate surface area is 258 Å². The van der Waals surface area contributed by atoms with Crippen molar-refractivity contribution < 1.29 is 4.79 Å². The number of para-hydroxylation sites is 1. The minimum absolute atomic E-state index is 0.269. The minimum Gasteiger partial charge on any atom is -0.372 e. The molecule has 10 heteroatoms. The van der Waals surface area contributed by atoms with Gasteiger partial charge in [-0.15, -0.1) is 0 Å². The quantitative estimate of drug-likeness (QED) is 0.204. The molecule has 0 radical (unpaired) electrons. The monoisotopic (exact) mass is 589 g/mol. The number of benzene rings is 2. The van der Waals surface area contributed by atoms with Gasteiger partial charge in [0, 0.05) is 80.1 Å². The van der Waals surface area contributed by atoms with E-state index in [0.29, 0.717) is 11.6 Å². The summed E-state index contributed by atoms with van der Waals surface area (Å²) in [5.74, 6) is 0.201. The Bertz CT molecular complexity index is 1870. The molecule has 2 N–H and O–H groups in total. The first kappa shape index (κ1) is 29.1. The van der Waals surface area contributed by atoms with Crippen molar-refractivity contribution in [2.24, 2.45) is 7.05 Å². The summed E-state index contributed by atoms with van der Waals surface area (Å²) in [4.78, 5) is 26.6. The Morgan fingerprint density at radius 1 is 1.09 bits per heavy atom. The van der Waals surface area contributed by atoms with Gasteiger partial charge in [0.1, 0.15) is 0 Å². The molecular weight excluding hydrogens is 550 g/mol. The first-order chi connectivity index (χ1) is 21.2. The van der Waals surface area contributed by atoms with Gasteiger partial charge in [-0.3, -0.25) is 9.48 Å². The number of nitrogens with zero attached hydrogens (tertiary/aromatic N) is 7. The number of rotatable bonds is 10. The number of anilines is 4. The third-order valence-corrected chi connectivity index (χ3v) is 8.21. The molecule has 2 aromatic carbocycles. The fourth-order valence-corrected chi connectivity index (χ4v) is 5.88. The number of hydrogen-bond acceptors (Lipinski definition) is 7. The molecule has 0 spiro atoms. The van der Waals surface area contributed by atoms with Crippen LogP contribution in [0.1, 0.15) is 17.5 Å². The lowest BCUT2D eigenvalue weighted by atomic mass is 9.99. The van der Waals surface area contributed by atoms with Crippen molar-refractivity contribution in [2.45, 2.75) is 26.3 Å². The Balaban J connectivity index is 1.43. The van der Waals surface area contributed by atoms with Gasteiger partial charge in [0.15, 0.2) is 0 Å². The molecule has 10 nitrogen and oxygen atoms in total. The van der Waals surface area contributed by atoms with Crippen LogP contribution >= 0.6 is 0 Å². The van der Waals surface area contributed by atoms with Crippen LogP contribution < -0.4 is 15.5 Å². The van der Waals surface area contributed by atoms with Crippen LogP contribution in [0.15, 0.2) is 67.8 Å². The summed E-state index contributed by atoms with van der Waals surface area (Å²) in [7, 11) is 8.03. The van der Waals surface area contributed by atoms with Crippen LogP contribution in [0.5, 0.6) is 0 Å². The number of likely N-dealkylation sites (N-methyl/N-ethyl adjacent to an activating group) is 2. The van der Waals surface area contributed by atoms with Crippen molar-refractivity contribution >= 4 is 39.8 Å². The Morgan fingerprint density at radius 2 is 1.93 bits per heavy atom. The molecule has 0 atom stereocenters. The van der Waals surface area contributed by atoms with Gasteiger partial charge >= 0.3 is 0 Å². The van der Waals surface area contributed by atoms with Gasteiger partial charge < -0.3 is 25.0 Å². The fraction of sp³-hybridized carbons (Fsp3) is 0.294. The van der Waals surface area contributed by atoms with E-state index in [-0.39, 0.29) is 5.91 Å². The van der Waals surface area contributed by atoms with E-state index in [9.17, 15) is 4.79 Å². The van der Waals surface area contributed by atoms with Crippen molar-refractivity contribution in [3.05, 3.63) is 78.9 Å². The largest absolute Gasteiger partial charge is 0.372 e. The van der Waals surface area contributed by atoms with Crippen LogP contribution in [-0.2, 0) is 24.8 Å². The lowest BCUT2D eigenvalue weighted by Crippen LogP contribution is -2.29. The van der Waals surface area contributed by atoms with Crippen LogP contribution in [0, 0.1) is 6.92 Å². The number of aromatic nitrogens is 5. The average molecular weight is 590 g/mol. The predicted molar refractivity (Wildman–Crippen MR) is 179 cm³/mol. The molecule has 0 aliphatic carbocycles. The second-order valence-electron chi connectivity index (χ2n) is 11.7. The molecule has 5 aromatic rings. The summed E-state index contributed by atoms with van der Waals surface area (Å²) < 4.78 is 4.15. The molecule has 1 aliphatic heterocycles. The summed E-state index contributed by atoms with van der Waals surface area (Å²) in [6.07, 6.45) is 11.4. The van der Waals surface area contributed by atoms with E-state index in [4.69, 9.17) is 9.97 Å². The molecule has 1 amide bonds. The Kier molecular flexibility index (Phi) is 7.92. The van der Waals surface area contributed by atoms with E-state index in [1.165, 1.54) is 22.5 Å². The summed E-state index contributed by atoms with van der Waals surface area (Å²) in [6, 6.07) is 10.6. The maximum atomic E-state index is 12.4. The molecule has 4 heterocycles. The van der Waals surface area contributed by atoms with Crippen LogP contribution in [0.2, 0.25) is 0 Å². The summed E-state index contributed by atoms with van der Waals surface area (Å²) in [6.45, 7) is 8.34. The van der Waals surface area contributed by atoms with E-state index in [2.05, 4.69) is 67.1 Å². The van der Waals surface area contributed by atoms with Gasteiger partial charge in [-0.1, -0.05) is 24.8 Å². The minimum atomic E-state index is -0.269. The van der Waals surface area contributed by atoms with Gasteiger partial charge in [0.25, 0.3) is 0 Å². The van der Waals surface area contributed by atoms with Gasteiger partial charge in [-0.2, -0.15) is 5.10 Å². The zero-order valence-corrected chi connectivity index (χ0v) is 26.1. The van der Waals surface area contributed by atoms with Crippen molar-refractivity contribution in [1.29, 1.82) is 0 Å². The first-order valence-corrected chi connectivity index (χ1v) is 14.9. The van der Waals surface area contributed by atoms with Crippen molar-refractivity contribution in [3.63, 3.8) is 0 Å². The standard InChI is InChI=1S/C34H39N9O/c1-7-31(44)37-29-17-28(22(2)16-30(29)41(5)15-14-40(3)4)38-34-35-19-26(24-18-36-42(6)20-24)32(39-34)27-21-43-13-9-11-23-10-8-12-25(27)33(23)43/h7-8,10,12,16-21H,1,9,11,13-15H2,2-6H3,(H,37,44)(H,35,38,39). The number of amides is 1. The fourth-order valence-electron chi connectivity index (χ4n) is 5.88. The van der Waals surface area contributed by atoms with Crippen molar-refractivity contribution in [2.75, 3.05) is 49.8 Å². The molecule has 44 heavy (non-hydrogen) atoms. The van der Waals surface area contributed by atoms with E-state index in [0.717, 1.165) is 71.8 Å². The molecular formula is C34H39N9O. The second-order valence-corrected chi connectivity index (χ2v) is 11.7. The van der Waals surface area contributed by atoms with E-state index < -0.39 is 0 Å². The lowest BCUT2D eigenvalue weighted by molar-refractivity contribution is -0.111. The van der Waals surface area contributed by atoms with E-state index in [1.807, 2.05) is 59.8 Å². The number of carbonyl (C=O) groups is 1. The SMILES string of the molecule is C=CC(=O)Nc1cc(Nc2ncc(-c3cnn(C)c3)c(-c3cn4c5c(cccc35)CCC4)n2)c(C)cc1N(C)CCN(C)C. The van der Waals surface area contributed by atoms with Gasteiger partial charge in [-0.25, -0.2) is 9.97 Å². The maximum Gasteiger partial charge on any atom is 0.247 e. The lowest BCUT2D eigenvalue weighted by Gasteiger charge is -2.25. The molecule has 0 saturated carbocycles. The third kappa shape index (κ3) is 5.68. The third-order valence-electron chi connectivity index (χ3n) is 8.21. The highest BCUT2D eigenvalue weighted by Crippen LogP contribution is 2.39. The highest BCUT2D eigenvalue weighted by molar-refractivity contribution is 6.02. The van der Waals surface area contributed by atoms with Crippen LogP contribution in [-0.4, -0.2) is 69.4 Å². The summed E-state index contributed by atoms with van der Waals surface area (Å²) in [5, 5.41) is 12.0. The molecule has 0 fully saturated rings. The molecule has 1 aliphatic rings. The van der Waals surface area contributed by atoms with Gasteiger partial charge in [-0.05, 0) is 63.2 Å². The van der Waals surface area contributed by atoms with Crippen LogP contribution in [0.4, 0.5) is 23.0 Å². The van der Waals surface area contributed by atoms with Crippen molar-refractivity contribution in [3.8, 4) is 22.4 Å². The second kappa shape index (κ2) is 12.0. The normalized spacial score (nSPS) is 12.5. The number of carbonyl (C=O) groups excluding carboxylic acids is 1. The topological polar surface area (TPSA) is 96.1 Å². The molecule has 0 saturated heterocycles. The smallest absolute Gasteiger partial charge is 0.247 e. The highest BCUT2D eigenvalue weighted by atomic mass is 16.1. The first-order valence-electron chi connectivity index (χ1n) is 14.9. The number of aryl methyl sites for hydroxylation is 4. The zero-order chi connectivity index (χ0) is 31.0. The Morgan fingerprint density at radius 3 is 2.68 bits per heavy atom. The molecule has 3 aromatic heterocycles. The highest BCUT2D eigenvalue weighted by Gasteiger charge is 2.22. The number of hydrogen-bond donors (Lipinski definition) is 2. The van der Waals surface area contributed by atoms with Crippen molar-refractivity contribution in [1.82, 2.24) is 29.2 Å². The zero-order valence-electron chi connectivity index (χ0n) is 26.1. The summed E-state index contributed by atoms with van der Waals surface area (Å²) >= 11 is 0.